The van der Waals surface area contributed by atoms with Crippen molar-refractivity contribution in [2.75, 3.05) is 38.7 Å². The molecule has 1 aliphatic rings. The van der Waals surface area contributed by atoms with Crippen LogP contribution in [0.1, 0.15) is 39.5 Å². The minimum atomic E-state index is 0.731. The zero-order valence-electron chi connectivity index (χ0n) is 12.7. The topological polar surface area (TPSA) is 15.3 Å². The van der Waals surface area contributed by atoms with Crippen LogP contribution in [0, 0.1) is 11.8 Å². The Bertz CT molecular complexity index is 205. The fraction of sp³-hybridized carbons (Fsp3) is 1.00. The summed E-state index contributed by atoms with van der Waals surface area (Å²) in [7, 11) is 2.29. The van der Waals surface area contributed by atoms with E-state index in [2.05, 4.69) is 37.4 Å². The summed E-state index contributed by atoms with van der Waals surface area (Å²) in [5.41, 5.74) is 0. The zero-order valence-corrected chi connectivity index (χ0v) is 13.6. The van der Waals surface area contributed by atoms with Crippen molar-refractivity contribution in [3.05, 3.63) is 0 Å². The summed E-state index contributed by atoms with van der Waals surface area (Å²) < 4.78 is 0. The maximum Gasteiger partial charge on any atom is 0.00717 e. The Kier molecular flexibility index (Phi) is 8.36. The van der Waals surface area contributed by atoms with Crippen LogP contribution >= 0.6 is 11.8 Å². The van der Waals surface area contributed by atoms with Gasteiger partial charge in [-0.15, -0.1) is 0 Å². The van der Waals surface area contributed by atoms with Gasteiger partial charge < -0.3 is 10.2 Å². The molecule has 18 heavy (non-hydrogen) atoms. The Morgan fingerprint density at radius 3 is 2.72 bits per heavy atom. The Hall–Kier alpha value is 0.270. The molecule has 0 aromatic carbocycles. The molecule has 1 N–H and O–H groups in total. The molecular formula is C15H32N2S. The van der Waals surface area contributed by atoms with Crippen molar-refractivity contribution >= 4 is 11.8 Å². The second kappa shape index (κ2) is 9.22. The maximum atomic E-state index is 3.54. The third kappa shape index (κ3) is 5.94. The average Bonchev–Trinajstić information content (AvgIpc) is 2.42. The van der Waals surface area contributed by atoms with Crippen LogP contribution in [0.3, 0.4) is 0 Å². The van der Waals surface area contributed by atoms with E-state index in [-0.39, 0.29) is 0 Å². The van der Waals surface area contributed by atoms with Crippen LogP contribution in [0.15, 0.2) is 0 Å². The summed E-state index contributed by atoms with van der Waals surface area (Å²) in [4.78, 5) is 2.54. The molecule has 0 aliphatic carbocycles. The van der Waals surface area contributed by atoms with Crippen LogP contribution in [0.25, 0.3) is 0 Å². The molecule has 3 atom stereocenters. The minimum absolute atomic E-state index is 0.731. The molecule has 0 aromatic rings. The van der Waals surface area contributed by atoms with Crippen molar-refractivity contribution in [1.82, 2.24) is 10.2 Å². The first kappa shape index (κ1) is 16.3. The van der Waals surface area contributed by atoms with Gasteiger partial charge in [-0.3, -0.25) is 0 Å². The van der Waals surface area contributed by atoms with Gasteiger partial charge in [0.05, 0.1) is 0 Å². The summed E-state index contributed by atoms with van der Waals surface area (Å²) in [6, 6.07) is 0.731. The van der Waals surface area contributed by atoms with E-state index < -0.39 is 0 Å². The highest BCUT2D eigenvalue weighted by atomic mass is 32.2. The SMILES string of the molecule is CSCCC(C)N(C)CCC(C)C1CCCNC1. The van der Waals surface area contributed by atoms with Gasteiger partial charge in [-0.1, -0.05) is 6.92 Å². The quantitative estimate of drug-likeness (QED) is 0.731. The smallest absolute Gasteiger partial charge is 0.00717 e. The van der Waals surface area contributed by atoms with E-state index in [1.54, 1.807) is 0 Å². The largest absolute Gasteiger partial charge is 0.316 e. The van der Waals surface area contributed by atoms with Crippen molar-refractivity contribution in [3.8, 4) is 0 Å². The monoisotopic (exact) mass is 272 g/mol. The highest BCUT2D eigenvalue weighted by Crippen LogP contribution is 2.23. The number of piperidine rings is 1. The van der Waals surface area contributed by atoms with Gasteiger partial charge in [0.1, 0.15) is 0 Å². The van der Waals surface area contributed by atoms with Crippen molar-refractivity contribution in [2.45, 2.75) is 45.6 Å². The zero-order chi connectivity index (χ0) is 13.4. The molecule has 3 heteroatoms. The second-order valence-electron chi connectivity index (χ2n) is 5.98. The molecule has 0 aromatic heterocycles. The maximum absolute atomic E-state index is 3.54. The van der Waals surface area contributed by atoms with E-state index in [1.165, 1.54) is 51.1 Å². The third-order valence-corrected chi connectivity index (χ3v) is 5.21. The Balaban J connectivity index is 2.17. The normalized spacial score (nSPS) is 24.2. The fourth-order valence-corrected chi connectivity index (χ4v) is 3.31. The standard InChI is InChI=1S/C15H32N2S/c1-13(15-6-5-9-16-12-15)7-10-17(3)14(2)8-11-18-4/h13-16H,5-12H2,1-4H3. The van der Waals surface area contributed by atoms with Crippen LogP contribution in [-0.4, -0.2) is 49.6 Å². The summed E-state index contributed by atoms with van der Waals surface area (Å²) in [5, 5.41) is 3.54. The lowest BCUT2D eigenvalue weighted by Gasteiger charge is -2.31. The molecule has 1 saturated heterocycles. The van der Waals surface area contributed by atoms with Crippen molar-refractivity contribution < 1.29 is 0 Å². The lowest BCUT2D eigenvalue weighted by Crippen LogP contribution is -2.36. The van der Waals surface area contributed by atoms with E-state index in [0.29, 0.717) is 0 Å². The molecule has 3 unspecified atom stereocenters. The molecule has 1 rings (SSSR count). The molecular weight excluding hydrogens is 240 g/mol. The van der Waals surface area contributed by atoms with Gasteiger partial charge in [0.2, 0.25) is 0 Å². The lowest BCUT2D eigenvalue weighted by atomic mass is 9.85. The van der Waals surface area contributed by atoms with Crippen LogP contribution in [0.4, 0.5) is 0 Å². The van der Waals surface area contributed by atoms with Gasteiger partial charge in [-0.2, -0.15) is 11.8 Å². The van der Waals surface area contributed by atoms with E-state index in [4.69, 9.17) is 0 Å². The van der Waals surface area contributed by atoms with Crippen LogP contribution in [-0.2, 0) is 0 Å². The molecule has 0 amide bonds. The molecule has 1 aliphatic heterocycles. The number of hydrogen-bond donors (Lipinski definition) is 1. The molecule has 2 nitrogen and oxygen atoms in total. The van der Waals surface area contributed by atoms with Crippen molar-refractivity contribution in [3.63, 3.8) is 0 Å². The predicted octanol–water partition coefficient (Wildman–Crippen LogP) is 3.09. The predicted molar refractivity (Wildman–Crippen MR) is 84.5 cm³/mol. The van der Waals surface area contributed by atoms with Gasteiger partial charge in [-0.05, 0) is 83.1 Å². The molecule has 0 radical (unpaired) electrons. The van der Waals surface area contributed by atoms with Gasteiger partial charge in [0.25, 0.3) is 0 Å². The van der Waals surface area contributed by atoms with Gasteiger partial charge >= 0.3 is 0 Å². The van der Waals surface area contributed by atoms with E-state index >= 15 is 0 Å². The molecule has 0 spiro atoms. The fourth-order valence-electron chi connectivity index (χ4n) is 2.74. The number of rotatable bonds is 8. The van der Waals surface area contributed by atoms with Crippen LogP contribution in [0.5, 0.6) is 0 Å². The molecule has 108 valence electrons. The van der Waals surface area contributed by atoms with Crippen LogP contribution < -0.4 is 5.32 Å². The molecule has 1 fully saturated rings. The van der Waals surface area contributed by atoms with E-state index in [1.807, 2.05) is 11.8 Å². The first-order valence-corrected chi connectivity index (χ1v) is 8.94. The van der Waals surface area contributed by atoms with Crippen molar-refractivity contribution in [2.24, 2.45) is 11.8 Å². The summed E-state index contributed by atoms with van der Waals surface area (Å²) >= 11 is 1.96. The van der Waals surface area contributed by atoms with Gasteiger partial charge in [0.15, 0.2) is 0 Å². The average molecular weight is 273 g/mol. The Morgan fingerprint density at radius 2 is 2.11 bits per heavy atom. The number of hydrogen-bond acceptors (Lipinski definition) is 3. The first-order valence-electron chi connectivity index (χ1n) is 7.55. The molecule has 1 heterocycles. The second-order valence-corrected chi connectivity index (χ2v) is 6.97. The first-order chi connectivity index (χ1) is 8.65. The highest BCUT2D eigenvalue weighted by molar-refractivity contribution is 7.98. The summed E-state index contributed by atoms with van der Waals surface area (Å²) in [5.74, 6) is 3.06. The van der Waals surface area contributed by atoms with E-state index in [9.17, 15) is 0 Å². The van der Waals surface area contributed by atoms with Gasteiger partial charge in [0, 0.05) is 6.04 Å². The highest BCUT2D eigenvalue weighted by Gasteiger charge is 2.20. The van der Waals surface area contributed by atoms with Crippen LogP contribution in [0.2, 0.25) is 0 Å². The molecule has 0 bridgehead atoms. The van der Waals surface area contributed by atoms with E-state index in [0.717, 1.165) is 17.9 Å². The number of nitrogens with one attached hydrogen (secondary N) is 1. The summed E-state index contributed by atoms with van der Waals surface area (Å²) in [6.45, 7) is 8.54. The number of nitrogens with zero attached hydrogens (tertiary/aromatic N) is 1. The molecule has 0 saturated carbocycles. The third-order valence-electron chi connectivity index (χ3n) is 4.57. The lowest BCUT2D eigenvalue weighted by molar-refractivity contribution is 0.202. The summed E-state index contributed by atoms with van der Waals surface area (Å²) in [6.07, 6.45) is 7.67. The Labute approximate surface area is 118 Å². The van der Waals surface area contributed by atoms with Gasteiger partial charge in [-0.25, -0.2) is 0 Å². The Morgan fingerprint density at radius 1 is 1.33 bits per heavy atom. The number of thioether (sulfide) groups is 1. The minimum Gasteiger partial charge on any atom is -0.316 e. The van der Waals surface area contributed by atoms with Crippen molar-refractivity contribution in [1.29, 1.82) is 0 Å².